The predicted octanol–water partition coefficient (Wildman–Crippen LogP) is 0.553. The number of nitrogens with one attached hydrogen (secondary N) is 1. The lowest BCUT2D eigenvalue weighted by atomic mass is 9.80. The van der Waals surface area contributed by atoms with Gasteiger partial charge in [-0.25, -0.2) is 5.43 Å². The van der Waals surface area contributed by atoms with E-state index in [0.29, 0.717) is 6.42 Å². The summed E-state index contributed by atoms with van der Waals surface area (Å²) >= 11 is 0. The molecule has 6 nitrogen and oxygen atoms in total. The molecule has 112 valence electrons. The second kappa shape index (κ2) is 5.44. The molecule has 2 N–H and O–H groups in total. The highest BCUT2D eigenvalue weighted by Gasteiger charge is 2.33. The highest BCUT2D eigenvalue weighted by atomic mass is 16.3. The molecule has 2 unspecified atom stereocenters. The number of likely N-dealkylation sites (N-methyl/N-ethyl adjacent to an activating group) is 1. The summed E-state index contributed by atoms with van der Waals surface area (Å²) in [6, 6.07) is 0. The van der Waals surface area contributed by atoms with Crippen molar-refractivity contribution < 1.29 is 14.7 Å². The van der Waals surface area contributed by atoms with Crippen LogP contribution in [0.25, 0.3) is 0 Å². The smallest absolute Gasteiger partial charge is 0.240 e. The molecule has 6 heteroatoms. The molecular weight excluding hydrogens is 270 g/mol. The van der Waals surface area contributed by atoms with Crippen LogP contribution < -0.4 is 5.43 Å². The van der Waals surface area contributed by atoms with Crippen LogP contribution >= 0.6 is 0 Å². The molecule has 2 heterocycles. The van der Waals surface area contributed by atoms with Gasteiger partial charge in [0.15, 0.2) is 0 Å². The quantitative estimate of drug-likeness (QED) is 0.779. The predicted molar refractivity (Wildman–Crippen MR) is 77.0 cm³/mol. The summed E-state index contributed by atoms with van der Waals surface area (Å²) in [6.07, 6.45) is 6.39. The van der Waals surface area contributed by atoms with Gasteiger partial charge in [0.2, 0.25) is 11.8 Å². The number of aliphatic hydroxyl groups excluding tert-OH is 1. The van der Waals surface area contributed by atoms with Crippen LogP contribution in [-0.4, -0.2) is 41.2 Å². The molecule has 0 aromatic heterocycles. The van der Waals surface area contributed by atoms with E-state index in [1.54, 1.807) is 11.9 Å². The first-order valence-electron chi connectivity index (χ1n) is 7.24. The minimum atomic E-state index is -0.210. The Kier molecular flexibility index (Phi) is 3.63. The Bertz CT molecular complexity index is 577. The van der Waals surface area contributed by atoms with Gasteiger partial charge in [0.25, 0.3) is 0 Å². The standard InChI is InChI=1S/C15H19N3O3/c1-18-12-4-2-10(6-9(12)3-5-14(18)21)15-11(8-19)7-13(20)16-17-15/h2,4,10-11,19H,3,5-8H2,1H3,(H,16,20). The summed E-state index contributed by atoms with van der Waals surface area (Å²) in [5, 5.41) is 13.6. The Morgan fingerprint density at radius 2 is 2.19 bits per heavy atom. The maximum absolute atomic E-state index is 11.7. The fourth-order valence-electron chi connectivity index (χ4n) is 3.24. The summed E-state index contributed by atoms with van der Waals surface area (Å²) in [5.41, 5.74) is 5.58. The number of nitrogens with zero attached hydrogens (tertiary/aromatic N) is 2. The van der Waals surface area contributed by atoms with E-state index < -0.39 is 0 Å². The van der Waals surface area contributed by atoms with Crippen LogP contribution in [-0.2, 0) is 9.59 Å². The third kappa shape index (κ3) is 2.51. The number of hydrogen-bond acceptors (Lipinski definition) is 4. The normalized spacial score (nSPS) is 29.2. The zero-order valence-corrected chi connectivity index (χ0v) is 12.0. The summed E-state index contributed by atoms with van der Waals surface area (Å²) in [4.78, 5) is 24.8. The van der Waals surface area contributed by atoms with Crippen molar-refractivity contribution >= 4 is 17.5 Å². The van der Waals surface area contributed by atoms with Crippen LogP contribution in [0.4, 0.5) is 0 Å². The van der Waals surface area contributed by atoms with E-state index in [9.17, 15) is 14.7 Å². The van der Waals surface area contributed by atoms with Crippen molar-refractivity contribution in [2.75, 3.05) is 13.7 Å². The average molecular weight is 289 g/mol. The summed E-state index contributed by atoms with van der Waals surface area (Å²) in [6.45, 7) is -0.0686. The van der Waals surface area contributed by atoms with Crippen LogP contribution in [0, 0.1) is 11.8 Å². The molecule has 21 heavy (non-hydrogen) atoms. The Morgan fingerprint density at radius 3 is 2.95 bits per heavy atom. The van der Waals surface area contributed by atoms with Gasteiger partial charge >= 0.3 is 0 Å². The van der Waals surface area contributed by atoms with Gasteiger partial charge in [0.1, 0.15) is 0 Å². The second-order valence-electron chi connectivity index (χ2n) is 5.77. The molecule has 0 bridgehead atoms. The van der Waals surface area contributed by atoms with E-state index in [-0.39, 0.29) is 36.7 Å². The van der Waals surface area contributed by atoms with E-state index in [0.717, 1.165) is 24.3 Å². The van der Waals surface area contributed by atoms with Crippen molar-refractivity contribution in [3.8, 4) is 0 Å². The molecule has 3 rings (SSSR count). The van der Waals surface area contributed by atoms with Gasteiger partial charge in [0, 0.05) is 37.4 Å². The van der Waals surface area contributed by atoms with Crippen LogP contribution in [0.3, 0.4) is 0 Å². The highest BCUT2D eigenvalue weighted by Crippen LogP contribution is 2.34. The summed E-state index contributed by atoms with van der Waals surface area (Å²) in [7, 11) is 1.80. The Labute approximate surface area is 123 Å². The highest BCUT2D eigenvalue weighted by molar-refractivity contribution is 5.97. The van der Waals surface area contributed by atoms with Crippen molar-refractivity contribution in [2.45, 2.75) is 25.7 Å². The van der Waals surface area contributed by atoms with Gasteiger partial charge < -0.3 is 10.0 Å². The fraction of sp³-hybridized carbons (Fsp3) is 0.533. The van der Waals surface area contributed by atoms with E-state index >= 15 is 0 Å². The SMILES string of the molecule is CN1C(=O)CCC2=C1C=CC(C1=NNC(=O)CC1CO)C2. The molecular formula is C15H19N3O3. The molecule has 2 amide bonds. The molecule has 3 aliphatic rings. The Balaban J connectivity index is 1.82. The molecule has 0 saturated heterocycles. The van der Waals surface area contributed by atoms with Crippen molar-refractivity contribution in [2.24, 2.45) is 16.9 Å². The topological polar surface area (TPSA) is 82.0 Å². The van der Waals surface area contributed by atoms with Crippen molar-refractivity contribution in [3.05, 3.63) is 23.4 Å². The fourth-order valence-corrected chi connectivity index (χ4v) is 3.24. The zero-order chi connectivity index (χ0) is 15.0. The first-order chi connectivity index (χ1) is 10.1. The number of aliphatic hydroxyl groups is 1. The van der Waals surface area contributed by atoms with Crippen LogP contribution in [0.15, 0.2) is 28.5 Å². The maximum atomic E-state index is 11.7. The van der Waals surface area contributed by atoms with Gasteiger partial charge in [0.05, 0.1) is 12.3 Å². The lowest BCUT2D eigenvalue weighted by molar-refractivity contribution is -0.128. The van der Waals surface area contributed by atoms with Gasteiger partial charge in [-0.15, -0.1) is 0 Å². The van der Waals surface area contributed by atoms with Crippen LogP contribution in [0.1, 0.15) is 25.7 Å². The summed E-state index contributed by atoms with van der Waals surface area (Å²) in [5.74, 6) is -0.130. The lowest BCUT2D eigenvalue weighted by Gasteiger charge is -2.34. The van der Waals surface area contributed by atoms with E-state index in [1.807, 2.05) is 12.2 Å². The number of hydrogen-bond donors (Lipinski definition) is 2. The molecule has 0 aromatic carbocycles. The first kappa shape index (κ1) is 14.0. The monoisotopic (exact) mass is 289 g/mol. The lowest BCUT2D eigenvalue weighted by Crippen LogP contribution is -2.39. The van der Waals surface area contributed by atoms with Crippen LogP contribution in [0.5, 0.6) is 0 Å². The maximum Gasteiger partial charge on any atom is 0.240 e. The minimum absolute atomic E-state index is 0.0686. The van der Waals surface area contributed by atoms with Crippen molar-refractivity contribution in [1.82, 2.24) is 10.3 Å². The Morgan fingerprint density at radius 1 is 1.38 bits per heavy atom. The molecule has 2 aliphatic heterocycles. The van der Waals surface area contributed by atoms with E-state index in [2.05, 4.69) is 10.5 Å². The van der Waals surface area contributed by atoms with Crippen molar-refractivity contribution in [3.63, 3.8) is 0 Å². The second-order valence-corrected chi connectivity index (χ2v) is 5.77. The largest absolute Gasteiger partial charge is 0.396 e. The number of carbonyl (C=O) groups is 2. The molecule has 0 aromatic rings. The van der Waals surface area contributed by atoms with Gasteiger partial charge in [-0.2, -0.15) is 5.10 Å². The molecule has 0 radical (unpaired) electrons. The number of hydrazone groups is 1. The number of rotatable bonds is 2. The average Bonchev–Trinajstić information content (AvgIpc) is 2.50. The van der Waals surface area contributed by atoms with Crippen molar-refractivity contribution in [1.29, 1.82) is 0 Å². The number of allylic oxidation sites excluding steroid dienone is 3. The van der Waals surface area contributed by atoms with Gasteiger partial charge in [-0.1, -0.05) is 6.08 Å². The molecule has 1 aliphatic carbocycles. The van der Waals surface area contributed by atoms with E-state index in [1.165, 1.54) is 5.57 Å². The molecule has 2 atom stereocenters. The number of amides is 2. The first-order valence-corrected chi connectivity index (χ1v) is 7.24. The molecule has 0 saturated carbocycles. The van der Waals surface area contributed by atoms with Gasteiger partial charge in [-0.05, 0) is 24.5 Å². The third-order valence-electron chi connectivity index (χ3n) is 4.45. The zero-order valence-electron chi connectivity index (χ0n) is 12.0. The Hall–Kier alpha value is -1.95. The van der Waals surface area contributed by atoms with E-state index in [4.69, 9.17) is 0 Å². The molecule has 0 spiro atoms. The number of carbonyl (C=O) groups excluding carboxylic acids is 2. The molecule has 0 fully saturated rings. The minimum Gasteiger partial charge on any atom is -0.396 e. The van der Waals surface area contributed by atoms with Gasteiger partial charge in [-0.3, -0.25) is 9.59 Å². The van der Waals surface area contributed by atoms with Crippen LogP contribution in [0.2, 0.25) is 0 Å². The summed E-state index contributed by atoms with van der Waals surface area (Å²) < 4.78 is 0. The third-order valence-corrected chi connectivity index (χ3v) is 4.45.